The Morgan fingerprint density at radius 1 is 0.792 bits per heavy atom. The normalized spacial score (nSPS) is 10.7. The highest BCUT2D eigenvalue weighted by molar-refractivity contribution is 5.95. The molecule has 0 aliphatic rings. The maximum atomic E-state index is 4.69. The maximum Gasteiger partial charge on any atom is 0.227 e. The Hall–Kier alpha value is -3.20. The molecule has 0 spiro atoms. The van der Waals surface area contributed by atoms with Crippen LogP contribution in [-0.2, 0) is 0 Å². The minimum absolute atomic E-state index is 0.601. The van der Waals surface area contributed by atoms with E-state index in [0.29, 0.717) is 5.95 Å². The second-order valence-corrected chi connectivity index (χ2v) is 5.78. The van der Waals surface area contributed by atoms with Gasteiger partial charge in [-0.2, -0.15) is 0 Å². The van der Waals surface area contributed by atoms with Crippen LogP contribution in [0.4, 0.5) is 11.6 Å². The van der Waals surface area contributed by atoms with Crippen molar-refractivity contribution in [3.8, 4) is 11.3 Å². The average molecular weight is 311 g/mol. The van der Waals surface area contributed by atoms with Crippen LogP contribution in [0.1, 0.15) is 5.56 Å². The van der Waals surface area contributed by atoms with Crippen molar-refractivity contribution in [1.29, 1.82) is 0 Å². The lowest BCUT2D eigenvalue weighted by Gasteiger charge is -2.09. The second kappa shape index (κ2) is 6.13. The molecule has 1 heterocycles. The molecule has 0 bridgehead atoms. The summed E-state index contributed by atoms with van der Waals surface area (Å²) in [6.07, 6.45) is 1.79. The molecule has 4 aromatic rings. The van der Waals surface area contributed by atoms with E-state index in [4.69, 9.17) is 0 Å². The van der Waals surface area contributed by atoms with E-state index >= 15 is 0 Å². The van der Waals surface area contributed by atoms with Crippen LogP contribution in [-0.4, -0.2) is 9.97 Å². The molecular weight excluding hydrogens is 294 g/mol. The van der Waals surface area contributed by atoms with Gasteiger partial charge >= 0.3 is 0 Å². The number of anilines is 2. The van der Waals surface area contributed by atoms with Crippen LogP contribution in [0.3, 0.4) is 0 Å². The first-order valence-corrected chi connectivity index (χ1v) is 7.94. The van der Waals surface area contributed by atoms with E-state index in [1.807, 2.05) is 18.2 Å². The van der Waals surface area contributed by atoms with Gasteiger partial charge in [-0.15, -0.1) is 0 Å². The number of nitrogens with one attached hydrogen (secondary N) is 1. The summed E-state index contributed by atoms with van der Waals surface area (Å²) in [6.45, 7) is 2.07. The molecule has 0 saturated carbocycles. The molecule has 1 N–H and O–H groups in total. The largest absolute Gasteiger partial charge is 0.324 e. The summed E-state index contributed by atoms with van der Waals surface area (Å²) in [4.78, 5) is 9.03. The SMILES string of the molecule is Cc1ccc(Nc2nccc(-c3cccc4ccccc34)n2)cc1. The van der Waals surface area contributed by atoms with Gasteiger partial charge in [0, 0.05) is 17.4 Å². The predicted molar refractivity (Wildman–Crippen MR) is 99.4 cm³/mol. The van der Waals surface area contributed by atoms with Crippen LogP contribution in [0, 0.1) is 6.92 Å². The number of benzene rings is 3. The molecule has 0 aliphatic heterocycles. The quantitative estimate of drug-likeness (QED) is 0.554. The molecule has 0 atom stereocenters. The number of nitrogens with zero attached hydrogens (tertiary/aromatic N) is 2. The van der Waals surface area contributed by atoms with E-state index in [1.165, 1.54) is 16.3 Å². The van der Waals surface area contributed by atoms with Crippen LogP contribution in [0.5, 0.6) is 0 Å². The summed E-state index contributed by atoms with van der Waals surface area (Å²) >= 11 is 0. The molecule has 4 rings (SSSR count). The minimum atomic E-state index is 0.601. The fourth-order valence-electron chi connectivity index (χ4n) is 2.78. The van der Waals surface area contributed by atoms with Gasteiger partial charge in [0.25, 0.3) is 0 Å². The highest BCUT2D eigenvalue weighted by Gasteiger charge is 2.06. The summed E-state index contributed by atoms with van der Waals surface area (Å²) in [5.41, 5.74) is 4.24. The van der Waals surface area contributed by atoms with Crippen molar-refractivity contribution in [2.75, 3.05) is 5.32 Å². The van der Waals surface area contributed by atoms with Gasteiger partial charge < -0.3 is 5.32 Å². The third-order valence-electron chi connectivity index (χ3n) is 4.03. The van der Waals surface area contributed by atoms with Gasteiger partial charge in [-0.1, -0.05) is 60.2 Å². The van der Waals surface area contributed by atoms with Crippen molar-refractivity contribution in [2.45, 2.75) is 6.92 Å². The Labute approximate surface area is 141 Å². The zero-order valence-corrected chi connectivity index (χ0v) is 13.4. The maximum absolute atomic E-state index is 4.69. The van der Waals surface area contributed by atoms with Gasteiger partial charge in [-0.3, -0.25) is 0 Å². The number of rotatable bonds is 3. The first-order valence-electron chi connectivity index (χ1n) is 7.94. The Morgan fingerprint density at radius 3 is 2.46 bits per heavy atom. The van der Waals surface area contributed by atoms with Gasteiger partial charge in [-0.05, 0) is 35.9 Å². The summed E-state index contributed by atoms with van der Waals surface area (Å²) in [5.74, 6) is 0.601. The average Bonchev–Trinajstić information content (AvgIpc) is 2.63. The predicted octanol–water partition coefficient (Wildman–Crippen LogP) is 5.35. The number of hydrogen-bond donors (Lipinski definition) is 1. The lowest BCUT2D eigenvalue weighted by Crippen LogP contribution is -1.98. The molecule has 0 unspecified atom stereocenters. The highest BCUT2D eigenvalue weighted by Crippen LogP contribution is 2.27. The van der Waals surface area contributed by atoms with Gasteiger partial charge in [0.1, 0.15) is 0 Å². The summed E-state index contributed by atoms with van der Waals surface area (Å²) in [6, 6.07) is 24.8. The van der Waals surface area contributed by atoms with E-state index in [-0.39, 0.29) is 0 Å². The molecule has 116 valence electrons. The number of hydrogen-bond acceptors (Lipinski definition) is 3. The molecule has 0 saturated heterocycles. The van der Waals surface area contributed by atoms with E-state index in [9.17, 15) is 0 Å². The van der Waals surface area contributed by atoms with Gasteiger partial charge in [0.2, 0.25) is 5.95 Å². The molecule has 3 aromatic carbocycles. The van der Waals surface area contributed by atoms with Gasteiger partial charge in [0.05, 0.1) is 5.69 Å². The van der Waals surface area contributed by atoms with Crippen molar-refractivity contribution in [3.63, 3.8) is 0 Å². The van der Waals surface area contributed by atoms with Crippen molar-refractivity contribution >= 4 is 22.4 Å². The third kappa shape index (κ3) is 2.84. The molecular formula is C21H17N3. The first-order chi connectivity index (χ1) is 11.8. The molecule has 3 heteroatoms. The second-order valence-electron chi connectivity index (χ2n) is 5.78. The third-order valence-corrected chi connectivity index (χ3v) is 4.03. The number of aromatic nitrogens is 2. The molecule has 24 heavy (non-hydrogen) atoms. The number of fused-ring (bicyclic) bond motifs is 1. The Balaban J connectivity index is 1.73. The van der Waals surface area contributed by atoms with Crippen molar-refractivity contribution in [1.82, 2.24) is 9.97 Å². The lowest BCUT2D eigenvalue weighted by molar-refractivity contribution is 1.17. The standard InChI is InChI=1S/C21H17N3/c1-15-9-11-17(12-10-15)23-21-22-14-13-20(24-21)19-8-4-6-16-5-2-3-7-18(16)19/h2-14H,1H3,(H,22,23,24). The fourth-order valence-corrected chi connectivity index (χ4v) is 2.78. The van der Waals surface area contributed by atoms with Crippen LogP contribution >= 0.6 is 0 Å². The smallest absolute Gasteiger partial charge is 0.227 e. The van der Waals surface area contributed by atoms with E-state index in [1.54, 1.807) is 6.20 Å². The topological polar surface area (TPSA) is 37.8 Å². The van der Waals surface area contributed by atoms with Crippen molar-refractivity contribution < 1.29 is 0 Å². The first kappa shape index (κ1) is 14.4. The van der Waals surface area contributed by atoms with E-state index in [0.717, 1.165) is 16.9 Å². The summed E-state index contributed by atoms with van der Waals surface area (Å²) in [7, 11) is 0. The molecule has 3 nitrogen and oxygen atoms in total. The Kier molecular flexibility index (Phi) is 3.67. The monoisotopic (exact) mass is 311 g/mol. The van der Waals surface area contributed by atoms with Gasteiger partial charge in [0.15, 0.2) is 0 Å². The van der Waals surface area contributed by atoms with Gasteiger partial charge in [-0.25, -0.2) is 9.97 Å². The molecule has 1 aromatic heterocycles. The zero-order chi connectivity index (χ0) is 16.4. The van der Waals surface area contributed by atoms with Crippen LogP contribution in [0.2, 0.25) is 0 Å². The molecule has 0 amide bonds. The van der Waals surface area contributed by atoms with Crippen LogP contribution < -0.4 is 5.32 Å². The summed E-state index contributed by atoms with van der Waals surface area (Å²) in [5, 5.41) is 5.67. The Bertz CT molecular complexity index is 986. The Morgan fingerprint density at radius 2 is 1.58 bits per heavy atom. The molecule has 0 aliphatic carbocycles. The molecule has 0 radical (unpaired) electrons. The zero-order valence-electron chi connectivity index (χ0n) is 13.4. The van der Waals surface area contributed by atoms with Crippen LogP contribution in [0.15, 0.2) is 79.0 Å². The number of aryl methyl sites for hydroxylation is 1. The lowest BCUT2D eigenvalue weighted by atomic mass is 10.0. The van der Waals surface area contributed by atoms with Crippen LogP contribution in [0.25, 0.3) is 22.0 Å². The molecule has 0 fully saturated rings. The minimum Gasteiger partial charge on any atom is -0.324 e. The highest BCUT2D eigenvalue weighted by atomic mass is 15.1. The fraction of sp³-hybridized carbons (Fsp3) is 0.0476. The van der Waals surface area contributed by atoms with Crippen molar-refractivity contribution in [2.24, 2.45) is 0 Å². The van der Waals surface area contributed by atoms with E-state index < -0.39 is 0 Å². The van der Waals surface area contributed by atoms with E-state index in [2.05, 4.69) is 76.8 Å². The summed E-state index contributed by atoms with van der Waals surface area (Å²) < 4.78 is 0. The van der Waals surface area contributed by atoms with Crippen molar-refractivity contribution in [3.05, 3.63) is 84.6 Å².